The molecule has 0 saturated heterocycles. The third-order valence-corrected chi connectivity index (χ3v) is 5.71. The highest BCUT2D eigenvalue weighted by molar-refractivity contribution is 5.72. The van der Waals surface area contributed by atoms with E-state index in [0.29, 0.717) is 0 Å². The van der Waals surface area contributed by atoms with E-state index in [9.17, 15) is 49.0 Å². The van der Waals surface area contributed by atoms with Crippen molar-refractivity contribution in [2.45, 2.75) is 44.5 Å². The van der Waals surface area contributed by atoms with Crippen molar-refractivity contribution in [3.8, 4) is 16.9 Å². The molecule has 0 aromatic heterocycles. The Morgan fingerprint density at radius 3 is 2.10 bits per heavy atom. The van der Waals surface area contributed by atoms with Gasteiger partial charge in [0.05, 0.1) is 12.1 Å². The van der Waals surface area contributed by atoms with E-state index in [4.69, 9.17) is 0 Å². The van der Waals surface area contributed by atoms with Crippen LogP contribution < -0.4 is 9.64 Å². The number of anilines is 1. The molecule has 0 aliphatic heterocycles. The highest BCUT2D eigenvalue weighted by Crippen LogP contribution is 2.37. The molecule has 3 aromatic rings. The molecule has 1 unspecified atom stereocenters. The van der Waals surface area contributed by atoms with Crippen molar-refractivity contribution >= 4 is 5.69 Å². The molecule has 0 radical (unpaired) electrons. The third-order valence-electron chi connectivity index (χ3n) is 5.71. The number of nitrogens with zero attached hydrogens (tertiary/aromatic N) is 1. The minimum absolute atomic E-state index is 0.0526. The lowest BCUT2D eigenvalue weighted by atomic mass is 9.95. The average Bonchev–Trinajstić information content (AvgIpc) is 2.82. The molecule has 3 nitrogen and oxygen atoms in total. The van der Waals surface area contributed by atoms with Crippen LogP contribution in [-0.2, 0) is 12.7 Å². The molecule has 39 heavy (non-hydrogen) atoms. The molecular weight excluding hydrogens is 548 g/mol. The van der Waals surface area contributed by atoms with E-state index in [0.717, 1.165) is 29.2 Å². The van der Waals surface area contributed by atoms with Gasteiger partial charge in [-0.25, -0.2) is 0 Å². The second kappa shape index (κ2) is 11.3. The maximum Gasteiger partial charge on any atom is 0.461 e. The highest BCUT2D eigenvalue weighted by atomic mass is 19.4. The molecule has 0 spiro atoms. The number of alkyl halides is 10. The molecule has 0 bridgehead atoms. The Kier molecular flexibility index (Phi) is 8.73. The summed E-state index contributed by atoms with van der Waals surface area (Å²) in [5.74, 6) is -0.678. The Morgan fingerprint density at radius 2 is 1.49 bits per heavy atom. The number of aliphatic hydroxyl groups excluding tert-OH is 1. The van der Waals surface area contributed by atoms with Gasteiger partial charge in [0.25, 0.3) is 0 Å². The largest absolute Gasteiger partial charge is 0.461 e. The van der Waals surface area contributed by atoms with Crippen molar-refractivity contribution < 1.29 is 53.7 Å². The van der Waals surface area contributed by atoms with Crippen LogP contribution in [0, 0.1) is 6.92 Å². The molecule has 0 heterocycles. The molecule has 0 amide bonds. The molecule has 3 rings (SSSR count). The van der Waals surface area contributed by atoms with Crippen molar-refractivity contribution in [3.63, 3.8) is 0 Å². The SMILES string of the molecule is Cc1c(-c2cccc(N(Cc3cccc(OC(F)(F)C(F)F)c3)CC(O)C(F)(F)F)c2)cccc1C(F)(F)F. The Bertz CT molecular complexity index is 1270. The second-order valence-electron chi connectivity index (χ2n) is 8.58. The first-order valence-corrected chi connectivity index (χ1v) is 11.2. The summed E-state index contributed by atoms with van der Waals surface area (Å²) < 4.78 is 135. The Balaban J connectivity index is 2.00. The summed E-state index contributed by atoms with van der Waals surface area (Å²) in [7, 11) is 0. The van der Waals surface area contributed by atoms with Crippen LogP contribution in [0.2, 0.25) is 0 Å². The van der Waals surface area contributed by atoms with E-state index in [-0.39, 0.29) is 27.9 Å². The van der Waals surface area contributed by atoms with Gasteiger partial charge >= 0.3 is 24.9 Å². The second-order valence-corrected chi connectivity index (χ2v) is 8.58. The van der Waals surface area contributed by atoms with Gasteiger partial charge < -0.3 is 14.7 Å². The average molecular weight is 569 g/mol. The monoisotopic (exact) mass is 569 g/mol. The first-order chi connectivity index (χ1) is 18.0. The van der Waals surface area contributed by atoms with E-state index in [2.05, 4.69) is 4.74 Å². The standard InChI is InChI=1S/C26H21F10NO2/c1-15-20(9-4-10-21(15)24(29,30)31)17-6-3-7-18(12-17)37(14-22(38)25(32,33)34)13-16-5-2-8-19(11-16)39-26(35,36)23(27)28/h2-12,22-23,38H,13-14H2,1H3. The number of benzene rings is 3. The van der Waals surface area contributed by atoms with Crippen LogP contribution in [0.25, 0.3) is 11.1 Å². The summed E-state index contributed by atoms with van der Waals surface area (Å²) >= 11 is 0. The van der Waals surface area contributed by atoms with Gasteiger partial charge in [0.2, 0.25) is 0 Å². The molecule has 0 aliphatic carbocycles. The van der Waals surface area contributed by atoms with Gasteiger partial charge in [-0.15, -0.1) is 0 Å². The van der Waals surface area contributed by atoms with E-state index >= 15 is 0 Å². The molecular formula is C26H21F10NO2. The number of halogens is 10. The molecule has 0 fully saturated rings. The maximum atomic E-state index is 13.4. The van der Waals surface area contributed by atoms with Gasteiger partial charge in [-0.1, -0.05) is 36.4 Å². The highest BCUT2D eigenvalue weighted by Gasteiger charge is 2.44. The number of hydrogen-bond acceptors (Lipinski definition) is 3. The first kappa shape index (κ1) is 30.1. The summed E-state index contributed by atoms with van der Waals surface area (Å²) in [6.45, 7) is -0.223. The van der Waals surface area contributed by atoms with Crippen LogP contribution in [0.15, 0.2) is 66.7 Å². The smallest absolute Gasteiger partial charge is 0.428 e. The fourth-order valence-corrected chi connectivity index (χ4v) is 3.83. The lowest BCUT2D eigenvalue weighted by Crippen LogP contribution is -2.41. The summed E-state index contributed by atoms with van der Waals surface area (Å²) in [6.07, 6.45) is -21.5. The zero-order chi connectivity index (χ0) is 29.2. The predicted molar refractivity (Wildman–Crippen MR) is 123 cm³/mol. The van der Waals surface area contributed by atoms with Crippen molar-refractivity contribution in [3.05, 3.63) is 83.4 Å². The molecule has 0 saturated carbocycles. The van der Waals surface area contributed by atoms with E-state index in [1.54, 1.807) is 0 Å². The van der Waals surface area contributed by atoms with Gasteiger partial charge in [-0.05, 0) is 59.5 Å². The summed E-state index contributed by atoms with van der Waals surface area (Å²) in [5.41, 5.74) is -0.505. The molecule has 212 valence electrons. The van der Waals surface area contributed by atoms with Gasteiger partial charge in [0, 0.05) is 12.2 Å². The molecule has 1 atom stereocenters. The number of hydrogen-bond donors (Lipinski definition) is 1. The van der Waals surface area contributed by atoms with Crippen LogP contribution in [0.4, 0.5) is 49.6 Å². The van der Waals surface area contributed by atoms with Crippen LogP contribution >= 0.6 is 0 Å². The topological polar surface area (TPSA) is 32.7 Å². The van der Waals surface area contributed by atoms with E-state index in [1.165, 1.54) is 49.4 Å². The zero-order valence-electron chi connectivity index (χ0n) is 20.0. The van der Waals surface area contributed by atoms with Gasteiger partial charge in [0.15, 0.2) is 6.10 Å². The molecule has 3 aromatic carbocycles. The fraction of sp³-hybridized carbons (Fsp3) is 0.308. The Labute approximate surface area is 216 Å². The van der Waals surface area contributed by atoms with Crippen molar-refractivity contribution in [1.82, 2.24) is 0 Å². The normalized spacial score (nSPS) is 13.5. The summed E-state index contributed by atoms with van der Waals surface area (Å²) in [6, 6.07) is 13.3. The Morgan fingerprint density at radius 1 is 0.846 bits per heavy atom. The number of ether oxygens (including phenoxy) is 1. The minimum atomic E-state index is -5.03. The van der Waals surface area contributed by atoms with Crippen LogP contribution in [-0.4, -0.2) is 36.5 Å². The fourth-order valence-electron chi connectivity index (χ4n) is 3.83. The van der Waals surface area contributed by atoms with Crippen LogP contribution in [0.3, 0.4) is 0 Å². The zero-order valence-corrected chi connectivity index (χ0v) is 20.0. The lowest BCUT2D eigenvalue weighted by Gasteiger charge is -2.29. The molecule has 0 aliphatic rings. The molecule has 1 N–H and O–H groups in total. The molecule has 13 heteroatoms. The van der Waals surface area contributed by atoms with Gasteiger partial charge in [-0.3, -0.25) is 0 Å². The van der Waals surface area contributed by atoms with Crippen molar-refractivity contribution in [1.29, 1.82) is 0 Å². The van der Waals surface area contributed by atoms with Gasteiger partial charge in [-0.2, -0.15) is 43.9 Å². The first-order valence-electron chi connectivity index (χ1n) is 11.2. The maximum absolute atomic E-state index is 13.4. The van der Waals surface area contributed by atoms with E-state index in [1.807, 2.05) is 0 Å². The Hall–Kier alpha value is -3.48. The van der Waals surface area contributed by atoms with Crippen LogP contribution in [0.5, 0.6) is 5.75 Å². The van der Waals surface area contributed by atoms with Crippen LogP contribution in [0.1, 0.15) is 16.7 Å². The minimum Gasteiger partial charge on any atom is -0.428 e. The van der Waals surface area contributed by atoms with Crippen molar-refractivity contribution in [2.24, 2.45) is 0 Å². The number of rotatable bonds is 9. The quantitative estimate of drug-likeness (QED) is 0.267. The lowest BCUT2D eigenvalue weighted by molar-refractivity contribution is -0.253. The van der Waals surface area contributed by atoms with E-state index < -0.39 is 55.4 Å². The number of aliphatic hydroxyl groups is 1. The van der Waals surface area contributed by atoms with Gasteiger partial charge in [0.1, 0.15) is 5.75 Å². The summed E-state index contributed by atoms with van der Waals surface area (Å²) in [5, 5.41) is 9.72. The third kappa shape index (κ3) is 7.55. The summed E-state index contributed by atoms with van der Waals surface area (Å²) in [4.78, 5) is 1.02. The van der Waals surface area contributed by atoms with Crippen molar-refractivity contribution in [2.75, 3.05) is 11.4 Å². The predicted octanol–water partition coefficient (Wildman–Crippen LogP) is 7.85.